The van der Waals surface area contributed by atoms with Crippen LogP contribution in [0.5, 0.6) is 0 Å². The summed E-state index contributed by atoms with van der Waals surface area (Å²) in [5.41, 5.74) is -0.732. The smallest absolute Gasteiger partial charge is 0.332 e. The maximum Gasteiger partial charge on any atom is 0.418 e. The second-order valence-corrected chi connectivity index (χ2v) is 4.75. The van der Waals surface area contributed by atoms with Gasteiger partial charge in [-0.15, -0.1) is 0 Å². The molecule has 0 saturated heterocycles. The fourth-order valence-corrected chi connectivity index (χ4v) is 1.90. The number of urea groups is 1. The van der Waals surface area contributed by atoms with Crippen LogP contribution >= 0.6 is 11.6 Å². The average molecular weight is 330 g/mol. The highest BCUT2D eigenvalue weighted by molar-refractivity contribution is 6.30. The van der Waals surface area contributed by atoms with Gasteiger partial charge >= 0.3 is 12.2 Å². The Hall–Kier alpha value is -2.28. The molecule has 0 aliphatic rings. The van der Waals surface area contributed by atoms with E-state index in [9.17, 15) is 18.0 Å². The van der Waals surface area contributed by atoms with Crippen molar-refractivity contribution >= 4 is 23.3 Å². The van der Waals surface area contributed by atoms with E-state index in [0.717, 1.165) is 6.07 Å². The first-order chi connectivity index (χ1) is 10.4. The Bertz CT molecular complexity index is 676. The monoisotopic (exact) mass is 329 g/mol. The number of rotatable bonds is 3. The molecule has 2 N–H and O–H groups in total. The number of benzene rings is 1. The molecule has 1 heterocycles. The minimum absolute atomic E-state index is 0.0422. The van der Waals surface area contributed by atoms with Crippen LogP contribution in [0.3, 0.4) is 0 Å². The Morgan fingerprint density at radius 1 is 1.23 bits per heavy atom. The van der Waals surface area contributed by atoms with Crippen molar-refractivity contribution in [1.29, 1.82) is 0 Å². The van der Waals surface area contributed by atoms with Gasteiger partial charge in [-0.25, -0.2) is 4.79 Å². The summed E-state index contributed by atoms with van der Waals surface area (Å²) < 4.78 is 38.4. The normalized spacial score (nSPS) is 11.1. The topological polar surface area (TPSA) is 54.0 Å². The number of alkyl halides is 3. The molecule has 2 amide bonds. The number of hydrogen-bond donors (Lipinski definition) is 2. The number of nitrogens with one attached hydrogen (secondary N) is 2. The van der Waals surface area contributed by atoms with Crippen LogP contribution in [0.1, 0.15) is 11.3 Å². The van der Waals surface area contributed by atoms with Crippen LogP contribution in [-0.2, 0) is 12.7 Å². The summed E-state index contributed by atoms with van der Waals surface area (Å²) >= 11 is 5.77. The van der Waals surface area contributed by atoms with E-state index in [2.05, 4.69) is 15.6 Å². The van der Waals surface area contributed by atoms with Crippen molar-refractivity contribution in [3.05, 3.63) is 58.9 Å². The minimum Gasteiger partial charge on any atom is -0.332 e. The van der Waals surface area contributed by atoms with Crippen LogP contribution in [0.4, 0.5) is 23.7 Å². The number of hydrogen-bond acceptors (Lipinski definition) is 2. The molecule has 0 atom stereocenters. The van der Waals surface area contributed by atoms with Gasteiger partial charge in [0, 0.05) is 11.2 Å². The van der Waals surface area contributed by atoms with Crippen molar-refractivity contribution < 1.29 is 18.0 Å². The molecule has 2 rings (SSSR count). The number of para-hydroxylation sites is 1. The third-order valence-electron chi connectivity index (χ3n) is 2.69. The van der Waals surface area contributed by atoms with Crippen LogP contribution in [0.2, 0.25) is 5.02 Å². The molecule has 2 aromatic rings. The van der Waals surface area contributed by atoms with Crippen molar-refractivity contribution in [2.45, 2.75) is 12.7 Å². The summed E-state index contributed by atoms with van der Waals surface area (Å²) in [7, 11) is 0. The van der Waals surface area contributed by atoms with Gasteiger partial charge in [0.05, 0.1) is 23.5 Å². The standard InChI is InChI=1S/C14H11ClF3N3O/c15-9-5-6-19-10(7-9)8-20-13(22)21-12-4-2-1-3-11(12)14(16,17)18/h1-7H,8H2,(H2,20,21,22). The van der Waals surface area contributed by atoms with Gasteiger partial charge in [0.1, 0.15) is 0 Å². The minimum atomic E-state index is -4.54. The number of aromatic nitrogens is 1. The molecular formula is C14H11ClF3N3O. The lowest BCUT2D eigenvalue weighted by Gasteiger charge is -2.14. The van der Waals surface area contributed by atoms with E-state index in [1.54, 1.807) is 12.1 Å². The number of anilines is 1. The quantitative estimate of drug-likeness (QED) is 0.891. The van der Waals surface area contributed by atoms with Crippen molar-refractivity contribution in [2.24, 2.45) is 0 Å². The molecule has 4 nitrogen and oxygen atoms in total. The Kier molecular flexibility index (Phi) is 4.87. The average Bonchev–Trinajstić information content (AvgIpc) is 2.45. The Morgan fingerprint density at radius 3 is 2.64 bits per heavy atom. The van der Waals surface area contributed by atoms with E-state index in [4.69, 9.17) is 11.6 Å². The first-order valence-corrected chi connectivity index (χ1v) is 6.55. The summed E-state index contributed by atoms with van der Waals surface area (Å²) in [6, 6.07) is 7.09. The highest BCUT2D eigenvalue weighted by atomic mass is 35.5. The van der Waals surface area contributed by atoms with Crippen LogP contribution in [0.25, 0.3) is 0 Å². The molecule has 0 aliphatic carbocycles. The fourth-order valence-electron chi connectivity index (χ4n) is 1.72. The van der Waals surface area contributed by atoms with Crippen molar-refractivity contribution in [3.63, 3.8) is 0 Å². The molecule has 0 fully saturated rings. The number of carbonyl (C=O) groups is 1. The molecule has 1 aromatic heterocycles. The zero-order valence-corrected chi connectivity index (χ0v) is 11.9. The van der Waals surface area contributed by atoms with E-state index < -0.39 is 17.8 Å². The molecule has 0 unspecified atom stereocenters. The summed E-state index contributed by atoms with van der Waals surface area (Å²) in [6.07, 6.45) is -3.07. The Labute approximate surface area is 129 Å². The van der Waals surface area contributed by atoms with Crippen molar-refractivity contribution in [2.75, 3.05) is 5.32 Å². The number of nitrogens with zero attached hydrogens (tertiary/aromatic N) is 1. The second-order valence-electron chi connectivity index (χ2n) is 4.32. The summed E-state index contributed by atoms with van der Waals surface area (Å²) in [6.45, 7) is 0.0422. The summed E-state index contributed by atoms with van der Waals surface area (Å²) in [4.78, 5) is 15.7. The van der Waals surface area contributed by atoms with Crippen LogP contribution < -0.4 is 10.6 Å². The maximum atomic E-state index is 12.8. The lowest BCUT2D eigenvalue weighted by Crippen LogP contribution is -2.29. The SMILES string of the molecule is O=C(NCc1cc(Cl)ccn1)Nc1ccccc1C(F)(F)F. The van der Waals surface area contributed by atoms with Gasteiger partial charge in [0.15, 0.2) is 0 Å². The predicted octanol–water partition coefficient (Wildman–Crippen LogP) is 4.08. The predicted molar refractivity (Wildman–Crippen MR) is 76.5 cm³/mol. The first kappa shape index (κ1) is 16.1. The lowest BCUT2D eigenvalue weighted by atomic mass is 10.1. The third kappa shape index (κ3) is 4.36. The Balaban J connectivity index is 2.01. The second kappa shape index (κ2) is 6.65. The largest absolute Gasteiger partial charge is 0.418 e. The van der Waals surface area contributed by atoms with Crippen molar-refractivity contribution in [3.8, 4) is 0 Å². The van der Waals surface area contributed by atoms with Crippen LogP contribution in [0, 0.1) is 0 Å². The van der Waals surface area contributed by atoms with Gasteiger partial charge < -0.3 is 10.6 Å². The molecule has 0 radical (unpaired) electrons. The zero-order valence-electron chi connectivity index (χ0n) is 11.1. The van der Waals surface area contributed by atoms with E-state index in [0.29, 0.717) is 10.7 Å². The van der Waals surface area contributed by atoms with Gasteiger partial charge in [0.25, 0.3) is 0 Å². The van der Waals surface area contributed by atoms with Gasteiger partial charge in [-0.1, -0.05) is 23.7 Å². The highest BCUT2D eigenvalue weighted by Crippen LogP contribution is 2.34. The van der Waals surface area contributed by atoms with Gasteiger partial charge in [-0.05, 0) is 24.3 Å². The molecule has 0 spiro atoms. The van der Waals surface area contributed by atoms with E-state index in [-0.39, 0.29) is 12.2 Å². The first-order valence-electron chi connectivity index (χ1n) is 6.18. The zero-order chi connectivity index (χ0) is 16.2. The van der Waals surface area contributed by atoms with Crippen LogP contribution in [-0.4, -0.2) is 11.0 Å². The molecule has 0 bridgehead atoms. The van der Waals surface area contributed by atoms with E-state index in [1.807, 2.05) is 0 Å². The van der Waals surface area contributed by atoms with Crippen LogP contribution in [0.15, 0.2) is 42.6 Å². The van der Waals surface area contributed by atoms with Gasteiger partial charge in [-0.3, -0.25) is 4.98 Å². The number of halogens is 4. The van der Waals surface area contributed by atoms with E-state index in [1.165, 1.54) is 24.4 Å². The molecule has 116 valence electrons. The van der Waals surface area contributed by atoms with Gasteiger partial charge in [-0.2, -0.15) is 13.2 Å². The van der Waals surface area contributed by atoms with Gasteiger partial charge in [0.2, 0.25) is 0 Å². The number of amides is 2. The molecule has 8 heteroatoms. The Morgan fingerprint density at radius 2 is 1.95 bits per heavy atom. The molecule has 22 heavy (non-hydrogen) atoms. The fraction of sp³-hybridized carbons (Fsp3) is 0.143. The number of carbonyl (C=O) groups excluding carboxylic acids is 1. The maximum absolute atomic E-state index is 12.8. The van der Waals surface area contributed by atoms with E-state index >= 15 is 0 Å². The summed E-state index contributed by atoms with van der Waals surface area (Å²) in [5, 5.41) is 5.04. The van der Waals surface area contributed by atoms with Crippen molar-refractivity contribution in [1.82, 2.24) is 10.3 Å². The molecule has 1 aromatic carbocycles. The molecule has 0 aliphatic heterocycles. The lowest BCUT2D eigenvalue weighted by molar-refractivity contribution is -0.136. The summed E-state index contributed by atoms with van der Waals surface area (Å²) in [5.74, 6) is 0. The third-order valence-corrected chi connectivity index (χ3v) is 2.92. The molecular weight excluding hydrogens is 319 g/mol. The highest BCUT2D eigenvalue weighted by Gasteiger charge is 2.33. The molecule has 0 saturated carbocycles. The number of pyridine rings is 1.